The van der Waals surface area contributed by atoms with Crippen LogP contribution in [0.5, 0.6) is 0 Å². The minimum absolute atomic E-state index is 0.0500. The van der Waals surface area contributed by atoms with Crippen LogP contribution in [0.2, 0.25) is 0 Å². The number of aliphatic carboxylic acids is 1. The predicted octanol–water partition coefficient (Wildman–Crippen LogP) is 3.36. The Morgan fingerprint density at radius 2 is 1.88 bits per heavy atom. The van der Waals surface area contributed by atoms with Crippen LogP contribution in [0.15, 0.2) is 42.5 Å². The fourth-order valence-corrected chi connectivity index (χ4v) is 2.95. The number of rotatable bonds is 10. The second kappa shape index (κ2) is 9.92. The molecule has 0 aromatic heterocycles. The molecule has 2 aromatic carbocycles. The van der Waals surface area contributed by atoms with Crippen molar-refractivity contribution in [1.82, 2.24) is 4.90 Å². The van der Waals surface area contributed by atoms with Crippen LogP contribution in [0.1, 0.15) is 25.8 Å². The Morgan fingerprint density at radius 3 is 2.62 bits per heavy atom. The monoisotopic (exact) mass is 357 g/mol. The summed E-state index contributed by atoms with van der Waals surface area (Å²) in [6.07, 6.45) is 0.962. The van der Waals surface area contributed by atoms with Crippen molar-refractivity contribution < 1.29 is 19.4 Å². The fourth-order valence-electron chi connectivity index (χ4n) is 2.95. The number of fused-ring (bicyclic) bond motifs is 1. The third-order valence-corrected chi connectivity index (χ3v) is 4.41. The van der Waals surface area contributed by atoms with E-state index in [4.69, 9.17) is 4.74 Å². The molecule has 1 amide bonds. The largest absolute Gasteiger partial charge is 0.481 e. The molecule has 5 heteroatoms. The Balaban J connectivity index is 2.11. The van der Waals surface area contributed by atoms with E-state index in [-0.39, 0.29) is 18.9 Å². The molecule has 2 aromatic rings. The molecule has 0 radical (unpaired) electrons. The van der Waals surface area contributed by atoms with Crippen molar-refractivity contribution in [2.24, 2.45) is 5.92 Å². The Morgan fingerprint density at radius 1 is 1.15 bits per heavy atom. The smallest absolute Gasteiger partial charge is 0.308 e. The highest BCUT2D eigenvalue weighted by molar-refractivity contribution is 5.90. The van der Waals surface area contributed by atoms with E-state index in [0.29, 0.717) is 26.2 Å². The summed E-state index contributed by atoms with van der Waals surface area (Å²) in [6.45, 7) is 5.47. The zero-order valence-electron chi connectivity index (χ0n) is 15.5. The zero-order valence-corrected chi connectivity index (χ0v) is 15.5. The number of ether oxygens (including phenoxy) is 1. The molecule has 0 fully saturated rings. The highest BCUT2D eigenvalue weighted by Gasteiger charge is 2.21. The first-order valence-electron chi connectivity index (χ1n) is 9.08. The van der Waals surface area contributed by atoms with E-state index < -0.39 is 11.9 Å². The molecule has 0 bridgehead atoms. The van der Waals surface area contributed by atoms with Crippen molar-refractivity contribution in [1.29, 1.82) is 0 Å². The summed E-state index contributed by atoms with van der Waals surface area (Å²) in [5.41, 5.74) is 0.964. The van der Waals surface area contributed by atoms with E-state index in [1.165, 1.54) is 0 Å². The van der Waals surface area contributed by atoms with E-state index in [1.807, 2.05) is 49.4 Å². The van der Waals surface area contributed by atoms with Crippen LogP contribution in [-0.4, -0.2) is 48.2 Å². The van der Waals surface area contributed by atoms with E-state index in [1.54, 1.807) is 11.8 Å². The quantitative estimate of drug-likeness (QED) is 0.662. The lowest BCUT2D eigenvalue weighted by molar-refractivity contribution is -0.143. The number of amides is 1. The molecule has 0 saturated carbocycles. The maximum atomic E-state index is 12.9. The molecule has 2 rings (SSSR count). The van der Waals surface area contributed by atoms with Gasteiger partial charge in [-0.25, -0.2) is 0 Å². The van der Waals surface area contributed by atoms with Crippen molar-refractivity contribution in [2.75, 3.05) is 26.3 Å². The number of hydrogen-bond donors (Lipinski definition) is 1. The first-order chi connectivity index (χ1) is 12.5. The lowest BCUT2D eigenvalue weighted by Gasteiger charge is -2.25. The lowest BCUT2D eigenvalue weighted by Crippen LogP contribution is -2.39. The Kier molecular flexibility index (Phi) is 7.60. The van der Waals surface area contributed by atoms with Crippen LogP contribution in [0.4, 0.5) is 0 Å². The predicted molar refractivity (Wildman–Crippen MR) is 102 cm³/mol. The van der Waals surface area contributed by atoms with Crippen molar-refractivity contribution >= 4 is 22.6 Å². The minimum Gasteiger partial charge on any atom is -0.481 e. The van der Waals surface area contributed by atoms with Crippen LogP contribution in [0.3, 0.4) is 0 Å². The first kappa shape index (κ1) is 19.9. The molecule has 1 atom stereocenters. The second-order valence-electron chi connectivity index (χ2n) is 6.44. The summed E-state index contributed by atoms with van der Waals surface area (Å²) in [5.74, 6) is -1.54. The van der Waals surface area contributed by atoms with Crippen LogP contribution in [-0.2, 0) is 20.7 Å². The molecule has 0 heterocycles. The third-order valence-electron chi connectivity index (χ3n) is 4.41. The van der Waals surface area contributed by atoms with Gasteiger partial charge in [0.15, 0.2) is 0 Å². The van der Waals surface area contributed by atoms with Crippen LogP contribution < -0.4 is 0 Å². The molecule has 0 saturated heterocycles. The number of nitrogens with zero attached hydrogens (tertiary/aromatic N) is 1. The first-order valence-corrected chi connectivity index (χ1v) is 9.08. The van der Waals surface area contributed by atoms with Crippen molar-refractivity contribution in [3.63, 3.8) is 0 Å². The summed E-state index contributed by atoms with van der Waals surface area (Å²) < 4.78 is 5.34. The molecule has 0 aliphatic rings. The highest BCUT2D eigenvalue weighted by Crippen LogP contribution is 2.19. The lowest BCUT2D eigenvalue weighted by atomic mass is 10.0. The van der Waals surface area contributed by atoms with Gasteiger partial charge in [0, 0.05) is 26.3 Å². The number of hydrogen-bond acceptors (Lipinski definition) is 3. The van der Waals surface area contributed by atoms with Gasteiger partial charge in [0.05, 0.1) is 12.3 Å². The van der Waals surface area contributed by atoms with Gasteiger partial charge in [0.2, 0.25) is 5.91 Å². The number of carboxylic acids is 1. The van der Waals surface area contributed by atoms with Gasteiger partial charge in [-0.2, -0.15) is 0 Å². The minimum atomic E-state index is -0.891. The molecular weight excluding hydrogens is 330 g/mol. The van der Waals surface area contributed by atoms with Crippen LogP contribution in [0.25, 0.3) is 10.8 Å². The molecular formula is C21H27NO4. The van der Waals surface area contributed by atoms with Crippen molar-refractivity contribution in [3.8, 4) is 0 Å². The van der Waals surface area contributed by atoms with Crippen LogP contribution in [0, 0.1) is 5.92 Å². The topological polar surface area (TPSA) is 66.8 Å². The van der Waals surface area contributed by atoms with Gasteiger partial charge < -0.3 is 14.7 Å². The van der Waals surface area contributed by atoms with Gasteiger partial charge in [-0.15, -0.1) is 0 Å². The van der Waals surface area contributed by atoms with Crippen LogP contribution >= 0.6 is 0 Å². The van der Waals surface area contributed by atoms with Gasteiger partial charge >= 0.3 is 5.97 Å². The Hall–Kier alpha value is -2.40. The van der Waals surface area contributed by atoms with E-state index >= 15 is 0 Å². The Labute approximate surface area is 154 Å². The van der Waals surface area contributed by atoms with E-state index in [9.17, 15) is 14.7 Å². The maximum absolute atomic E-state index is 12.9. The summed E-state index contributed by atoms with van der Waals surface area (Å²) in [4.78, 5) is 25.7. The normalized spacial score (nSPS) is 12.1. The van der Waals surface area contributed by atoms with Gasteiger partial charge in [0.25, 0.3) is 0 Å². The van der Waals surface area contributed by atoms with Gasteiger partial charge in [-0.3, -0.25) is 9.59 Å². The molecule has 1 unspecified atom stereocenters. The zero-order chi connectivity index (χ0) is 18.9. The maximum Gasteiger partial charge on any atom is 0.308 e. The average Bonchev–Trinajstić information content (AvgIpc) is 2.64. The summed E-state index contributed by atoms with van der Waals surface area (Å²) in [7, 11) is 0. The average molecular weight is 357 g/mol. The van der Waals surface area contributed by atoms with Crippen molar-refractivity contribution in [2.45, 2.75) is 26.7 Å². The molecule has 26 heavy (non-hydrogen) atoms. The van der Waals surface area contributed by atoms with Crippen molar-refractivity contribution in [3.05, 3.63) is 48.0 Å². The molecule has 1 N–H and O–H groups in total. The number of benzene rings is 2. The standard InChI is InChI=1S/C21H27NO4/c1-3-26-13-7-12-22(15-16(2)21(24)25)20(23)14-18-10-6-9-17-8-4-5-11-19(17)18/h4-6,8-11,16H,3,7,12-15H2,1-2H3,(H,24,25). The summed E-state index contributed by atoms with van der Waals surface area (Å²) in [6, 6.07) is 13.9. The number of carbonyl (C=O) groups is 2. The fraction of sp³-hybridized carbons (Fsp3) is 0.429. The molecule has 0 spiro atoms. The molecule has 5 nitrogen and oxygen atoms in total. The number of carbonyl (C=O) groups excluding carboxylic acids is 1. The van der Waals surface area contributed by atoms with E-state index in [0.717, 1.165) is 16.3 Å². The van der Waals surface area contributed by atoms with Gasteiger partial charge in [0.1, 0.15) is 0 Å². The SMILES string of the molecule is CCOCCCN(CC(C)C(=O)O)C(=O)Cc1cccc2ccccc12. The highest BCUT2D eigenvalue weighted by atomic mass is 16.5. The summed E-state index contributed by atoms with van der Waals surface area (Å²) >= 11 is 0. The van der Waals surface area contributed by atoms with Gasteiger partial charge in [-0.1, -0.05) is 49.4 Å². The molecule has 0 aliphatic carbocycles. The van der Waals surface area contributed by atoms with E-state index in [2.05, 4.69) is 0 Å². The number of carboxylic acid groups (broad SMARTS) is 1. The van der Waals surface area contributed by atoms with Gasteiger partial charge in [-0.05, 0) is 29.7 Å². The summed E-state index contributed by atoms with van der Waals surface area (Å²) in [5, 5.41) is 11.3. The Bertz CT molecular complexity index is 738. The molecule has 140 valence electrons. The molecule has 0 aliphatic heterocycles. The third kappa shape index (κ3) is 5.56. The second-order valence-corrected chi connectivity index (χ2v) is 6.44.